The average Bonchev–Trinajstić information content (AvgIpc) is 3.26. The Balaban J connectivity index is 0.00000300. The topological polar surface area (TPSA) is 88.5 Å². The zero-order valence-electron chi connectivity index (χ0n) is 16.8. The zero-order chi connectivity index (χ0) is 20.0. The lowest BCUT2D eigenvalue weighted by Gasteiger charge is -2.36. The number of nitrogens with one attached hydrogen (secondary N) is 2. The van der Waals surface area contributed by atoms with Crippen LogP contribution in [0.5, 0.6) is 5.75 Å². The van der Waals surface area contributed by atoms with E-state index in [0.29, 0.717) is 25.1 Å². The Morgan fingerprint density at radius 2 is 2.03 bits per heavy atom. The van der Waals surface area contributed by atoms with Gasteiger partial charge in [-0.05, 0) is 49.7 Å². The normalized spacial score (nSPS) is 15.1. The van der Waals surface area contributed by atoms with Gasteiger partial charge in [0.05, 0.1) is 0 Å². The number of amides is 2. The Morgan fingerprint density at radius 1 is 1.28 bits per heavy atom. The predicted octanol–water partition coefficient (Wildman–Crippen LogP) is 1.17. The summed E-state index contributed by atoms with van der Waals surface area (Å²) in [6.45, 7) is 1.92. The van der Waals surface area contributed by atoms with E-state index >= 15 is 0 Å². The fraction of sp³-hybridized carbons (Fsp3) is 0.450. The molecule has 2 heterocycles. The number of piperidine rings is 1. The van der Waals surface area contributed by atoms with E-state index in [1.54, 1.807) is 31.0 Å². The molecule has 1 aliphatic heterocycles. The summed E-state index contributed by atoms with van der Waals surface area (Å²) in [5, 5.41) is 10.7. The molecule has 0 radical (unpaired) electrons. The van der Waals surface area contributed by atoms with Crippen molar-refractivity contribution in [1.82, 2.24) is 25.3 Å². The van der Waals surface area contributed by atoms with Gasteiger partial charge in [-0.2, -0.15) is 5.10 Å². The fourth-order valence-corrected chi connectivity index (χ4v) is 3.29. The molecular formula is C20H28ClN5O3. The van der Waals surface area contributed by atoms with Crippen LogP contribution in [0, 0.1) is 0 Å². The first-order valence-corrected chi connectivity index (χ1v) is 9.42. The number of carbonyl (C=O) groups is 2. The maximum Gasteiger partial charge on any atom is 0.259 e. The number of carbonyl (C=O) groups excluding carboxylic acids is 2. The number of hydrogen-bond acceptors (Lipinski definition) is 5. The van der Waals surface area contributed by atoms with Crippen LogP contribution in [0.2, 0.25) is 0 Å². The third-order valence-electron chi connectivity index (χ3n) is 5.01. The molecule has 1 aromatic heterocycles. The number of ether oxygens (including phenoxy) is 1. The highest BCUT2D eigenvalue weighted by atomic mass is 35.5. The maximum atomic E-state index is 13.1. The van der Waals surface area contributed by atoms with Gasteiger partial charge in [0.25, 0.3) is 5.91 Å². The van der Waals surface area contributed by atoms with E-state index in [4.69, 9.17) is 4.74 Å². The Kier molecular flexibility index (Phi) is 8.04. The third kappa shape index (κ3) is 5.48. The van der Waals surface area contributed by atoms with Crippen molar-refractivity contribution in [3.63, 3.8) is 0 Å². The van der Waals surface area contributed by atoms with Gasteiger partial charge in [0.2, 0.25) is 5.91 Å². The Morgan fingerprint density at radius 3 is 2.69 bits per heavy atom. The lowest BCUT2D eigenvalue weighted by atomic mass is 9.87. The van der Waals surface area contributed by atoms with Crippen molar-refractivity contribution in [2.75, 3.05) is 33.8 Å². The third-order valence-corrected chi connectivity index (χ3v) is 5.01. The first-order valence-electron chi connectivity index (χ1n) is 9.42. The number of rotatable bonds is 7. The SMILES string of the molecule is CN(C)C(=O)COc1cccc(CNC(=O)C2(n3cccn3)CCNCC2)c1.Cl. The zero-order valence-corrected chi connectivity index (χ0v) is 17.6. The van der Waals surface area contributed by atoms with Gasteiger partial charge in [0.15, 0.2) is 6.61 Å². The molecule has 0 saturated carbocycles. The van der Waals surface area contributed by atoms with Crippen LogP contribution in [0.1, 0.15) is 18.4 Å². The summed E-state index contributed by atoms with van der Waals surface area (Å²) in [6.07, 6.45) is 4.93. The molecule has 2 amide bonds. The van der Waals surface area contributed by atoms with Crippen molar-refractivity contribution in [3.05, 3.63) is 48.3 Å². The number of halogens is 1. The first kappa shape index (κ1) is 22.7. The van der Waals surface area contributed by atoms with Crippen molar-refractivity contribution in [3.8, 4) is 5.75 Å². The molecule has 0 atom stereocenters. The van der Waals surface area contributed by atoms with Gasteiger partial charge in [-0.3, -0.25) is 14.3 Å². The summed E-state index contributed by atoms with van der Waals surface area (Å²) in [5.41, 5.74) is 0.244. The van der Waals surface area contributed by atoms with E-state index in [0.717, 1.165) is 18.7 Å². The van der Waals surface area contributed by atoms with Crippen LogP contribution in [0.4, 0.5) is 0 Å². The van der Waals surface area contributed by atoms with E-state index in [-0.39, 0.29) is 30.8 Å². The molecule has 1 aliphatic rings. The van der Waals surface area contributed by atoms with Crippen molar-refractivity contribution in [2.24, 2.45) is 0 Å². The highest BCUT2D eigenvalue weighted by Gasteiger charge is 2.41. The maximum absolute atomic E-state index is 13.1. The highest BCUT2D eigenvalue weighted by molar-refractivity contribution is 5.85. The molecule has 1 aromatic carbocycles. The Bertz CT molecular complexity index is 804. The predicted molar refractivity (Wildman–Crippen MR) is 112 cm³/mol. The van der Waals surface area contributed by atoms with E-state index < -0.39 is 5.54 Å². The molecule has 0 spiro atoms. The molecule has 8 nitrogen and oxygen atoms in total. The van der Waals surface area contributed by atoms with Gasteiger partial charge < -0.3 is 20.3 Å². The van der Waals surface area contributed by atoms with Crippen LogP contribution in [0.25, 0.3) is 0 Å². The van der Waals surface area contributed by atoms with Gasteiger partial charge in [0.1, 0.15) is 11.3 Å². The second-order valence-corrected chi connectivity index (χ2v) is 7.14. The number of hydrogen-bond donors (Lipinski definition) is 2. The van der Waals surface area contributed by atoms with Gasteiger partial charge in [-0.25, -0.2) is 0 Å². The van der Waals surface area contributed by atoms with Crippen LogP contribution in [0.3, 0.4) is 0 Å². The molecule has 9 heteroatoms. The van der Waals surface area contributed by atoms with Crippen molar-refractivity contribution >= 4 is 24.2 Å². The molecule has 0 unspecified atom stereocenters. The summed E-state index contributed by atoms with van der Waals surface area (Å²) >= 11 is 0. The average molecular weight is 422 g/mol. The van der Waals surface area contributed by atoms with E-state index in [2.05, 4.69) is 15.7 Å². The Hall–Kier alpha value is -2.58. The van der Waals surface area contributed by atoms with Gasteiger partial charge in [-0.15, -0.1) is 12.4 Å². The van der Waals surface area contributed by atoms with Crippen LogP contribution in [0.15, 0.2) is 42.7 Å². The summed E-state index contributed by atoms with van der Waals surface area (Å²) in [4.78, 5) is 26.2. The summed E-state index contributed by atoms with van der Waals surface area (Å²) in [5.74, 6) is 0.461. The molecule has 2 N–H and O–H groups in total. The Labute approximate surface area is 177 Å². The summed E-state index contributed by atoms with van der Waals surface area (Å²) in [7, 11) is 3.38. The van der Waals surface area contributed by atoms with Crippen LogP contribution in [-0.4, -0.2) is 60.3 Å². The minimum absolute atomic E-state index is 0. The van der Waals surface area contributed by atoms with Crippen molar-refractivity contribution in [1.29, 1.82) is 0 Å². The number of nitrogens with zero attached hydrogens (tertiary/aromatic N) is 3. The molecule has 0 aliphatic carbocycles. The highest BCUT2D eigenvalue weighted by Crippen LogP contribution is 2.27. The summed E-state index contributed by atoms with van der Waals surface area (Å²) < 4.78 is 7.32. The fourth-order valence-electron chi connectivity index (χ4n) is 3.29. The lowest BCUT2D eigenvalue weighted by molar-refractivity contribution is -0.132. The number of aromatic nitrogens is 2. The monoisotopic (exact) mass is 421 g/mol. The molecule has 3 rings (SSSR count). The molecule has 1 saturated heterocycles. The number of benzene rings is 1. The van der Waals surface area contributed by atoms with E-state index in [1.807, 2.05) is 30.5 Å². The van der Waals surface area contributed by atoms with Crippen LogP contribution >= 0.6 is 12.4 Å². The molecule has 158 valence electrons. The molecule has 2 aromatic rings. The second kappa shape index (κ2) is 10.3. The minimum Gasteiger partial charge on any atom is -0.484 e. The number of likely N-dealkylation sites (N-methyl/N-ethyl adjacent to an activating group) is 1. The van der Waals surface area contributed by atoms with Crippen molar-refractivity contribution < 1.29 is 14.3 Å². The standard InChI is InChI=1S/C20H27N5O3.ClH/c1-24(2)18(26)15-28-17-6-3-5-16(13-17)14-22-19(27)20(7-10-21-11-8-20)25-12-4-9-23-25;/h3-6,9,12-13,21H,7-8,10-11,14-15H2,1-2H3,(H,22,27);1H. The van der Waals surface area contributed by atoms with Crippen LogP contribution < -0.4 is 15.4 Å². The van der Waals surface area contributed by atoms with Gasteiger partial charge in [0, 0.05) is 33.0 Å². The molecule has 29 heavy (non-hydrogen) atoms. The van der Waals surface area contributed by atoms with Gasteiger partial charge in [-0.1, -0.05) is 12.1 Å². The quantitative estimate of drug-likeness (QED) is 0.700. The smallest absolute Gasteiger partial charge is 0.259 e. The minimum atomic E-state index is -0.666. The van der Waals surface area contributed by atoms with Crippen LogP contribution in [-0.2, 0) is 21.7 Å². The lowest BCUT2D eigenvalue weighted by Crippen LogP contribution is -2.54. The van der Waals surface area contributed by atoms with Crippen molar-refractivity contribution in [2.45, 2.75) is 24.9 Å². The molecule has 0 bridgehead atoms. The molecular weight excluding hydrogens is 394 g/mol. The summed E-state index contributed by atoms with van der Waals surface area (Å²) in [6, 6.07) is 9.25. The van der Waals surface area contributed by atoms with E-state index in [9.17, 15) is 9.59 Å². The largest absolute Gasteiger partial charge is 0.484 e. The second-order valence-electron chi connectivity index (χ2n) is 7.14. The van der Waals surface area contributed by atoms with Gasteiger partial charge >= 0.3 is 0 Å². The van der Waals surface area contributed by atoms with E-state index in [1.165, 1.54) is 4.90 Å². The molecule has 1 fully saturated rings. The first-order chi connectivity index (χ1) is 13.5.